The van der Waals surface area contributed by atoms with Crippen LogP contribution in [-0.4, -0.2) is 16.8 Å². The van der Waals surface area contributed by atoms with Crippen molar-refractivity contribution in [3.8, 4) is 5.75 Å². The molecular formula is C18H13ClINO2S. The van der Waals surface area contributed by atoms with E-state index in [1.165, 1.54) is 0 Å². The fourth-order valence-electron chi connectivity index (χ4n) is 2.17. The molecule has 1 aliphatic rings. The Morgan fingerprint density at radius 1 is 1.25 bits per heavy atom. The Labute approximate surface area is 163 Å². The van der Waals surface area contributed by atoms with Crippen molar-refractivity contribution in [3.63, 3.8) is 0 Å². The van der Waals surface area contributed by atoms with Crippen molar-refractivity contribution in [3.05, 3.63) is 67.9 Å². The first kappa shape index (κ1) is 17.5. The molecule has 0 fully saturated rings. The molecule has 122 valence electrons. The van der Waals surface area contributed by atoms with Crippen LogP contribution in [0.5, 0.6) is 5.75 Å². The van der Waals surface area contributed by atoms with Crippen LogP contribution in [0.2, 0.25) is 5.02 Å². The van der Waals surface area contributed by atoms with E-state index in [9.17, 15) is 4.79 Å². The maximum atomic E-state index is 12.2. The molecule has 0 amide bonds. The van der Waals surface area contributed by atoms with Crippen molar-refractivity contribution in [2.75, 3.05) is 6.61 Å². The number of carbonyl (C=O) groups excluding carboxylic acids is 1. The first-order chi connectivity index (χ1) is 11.6. The zero-order valence-electron chi connectivity index (χ0n) is 12.8. The van der Waals surface area contributed by atoms with Crippen LogP contribution in [0.15, 0.2) is 53.2 Å². The van der Waals surface area contributed by atoms with Crippen molar-refractivity contribution >= 4 is 62.2 Å². The van der Waals surface area contributed by atoms with E-state index in [0.29, 0.717) is 22.4 Å². The van der Waals surface area contributed by atoms with Crippen molar-refractivity contribution in [1.29, 1.82) is 0 Å². The highest BCUT2D eigenvalue weighted by Crippen LogP contribution is 2.32. The van der Waals surface area contributed by atoms with Gasteiger partial charge in [0, 0.05) is 9.13 Å². The van der Waals surface area contributed by atoms with Crippen LogP contribution in [-0.2, 0) is 4.79 Å². The second-order valence-corrected chi connectivity index (χ2v) is 7.58. The van der Waals surface area contributed by atoms with Gasteiger partial charge in [-0.05, 0) is 83.2 Å². The van der Waals surface area contributed by atoms with E-state index >= 15 is 0 Å². The number of nitrogens with zero attached hydrogens (tertiary/aromatic N) is 1. The number of ether oxygens (including phenoxy) is 1. The minimum atomic E-state index is -0.0752. The third-order valence-corrected chi connectivity index (χ3v) is 5.17. The summed E-state index contributed by atoms with van der Waals surface area (Å²) in [4.78, 5) is 16.7. The number of carbonyl (C=O) groups is 1. The molecule has 1 aliphatic heterocycles. The minimum absolute atomic E-state index is 0.0752. The molecule has 0 spiro atoms. The molecule has 0 saturated carbocycles. The lowest BCUT2D eigenvalue weighted by molar-refractivity contribution is -0.107. The highest BCUT2D eigenvalue weighted by atomic mass is 127. The Bertz CT molecular complexity index is 847. The summed E-state index contributed by atoms with van der Waals surface area (Å²) in [5.74, 6) is 0.807. The number of halogens is 2. The van der Waals surface area contributed by atoms with Gasteiger partial charge in [-0.25, -0.2) is 4.99 Å². The number of rotatable bonds is 4. The van der Waals surface area contributed by atoms with E-state index in [2.05, 4.69) is 27.6 Å². The van der Waals surface area contributed by atoms with E-state index < -0.39 is 0 Å². The van der Waals surface area contributed by atoms with E-state index in [1.54, 1.807) is 6.08 Å². The summed E-state index contributed by atoms with van der Waals surface area (Å²) in [6, 6.07) is 13.2. The third kappa shape index (κ3) is 4.02. The Morgan fingerprint density at radius 3 is 2.71 bits per heavy atom. The lowest BCUT2D eigenvalue weighted by Gasteiger charge is -2.02. The highest BCUT2D eigenvalue weighted by molar-refractivity contribution is 14.1. The molecule has 2 aromatic carbocycles. The van der Waals surface area contributed by atoms with Crippen LogP contribution in [0.25, 0.3) is 6.08 Å². The highest BCUT2D eigenvalue weighted by Gasteiger charge is 2.24. The molecule has 0 N–H and O–H groups in total. The maximum absolute atomic E-state index is 12.2. The predicted molar refractivity (Wildman–Crippen MR) is 109 cm³/mol. The fourth-order valence-corrected chi connectivity index (χ4v) is 3.73. The summed E-state index contributed by atoms with van der Waals surface area (Å²) in [7, 11) is 0. The SMILES string of the molecule is CCOc1ccc(/C=C2\N=C(c3cc(I)ccc3Cl)SC2=O)cc1. The molecule has 0 bridgehead atoms. The van der Waals surface area contributed by atoms with Crippen molar-refractivity contribution in [1.82, 2.24) is 0 Å². The zero-order valence-corrected chi connectivity index (χ0v) is 16.5. The maximum Gasteiger partial charge on any atom is 0.244 e. The molecule has 0 atom stereocenters. The number of hydrogen-bond acceptors (Lipinski definition) is 4. The Hall–Kier alpha value is -1.31. The summed E-state index contributed by atoms with van der Waals surface area (Å²) in [6.45, 7) is 2.57. The van der Waals surface area contributed by atoms with Crippen LogP contribution in [0.4, 0.5) is 0 Å². The van der Waals surface area contributed by atoms with E-state index in [1.807, 2.05) is 49.4 Å². The van der Waals surface area contributed by atoms with Gasteiger partial charge in [-0.2, -0.15) is 0 Å². The summed E-state index contributed by atoms with van der Waals surface area (Å²) in [5, 5.41) is 1.16. The predicted octanol–water partition coefficient (Wildman–Crippen LogP) is 5.40. The van der Waals surface area contributed by atoms with Gasteiger partial charge in [0.15, 0.2) is 0 Å². The Balaban J connectivity index is 1.89. The quantitative estimate of drug-likeness (QED) is 0.444. The standard InChI is InChI=1S/C18H13ClINO2S/c1-2-23-13-6-3-11(4-7-13)9-16-18(22)24-17(21-16)14-10-12(20)5-8-15(14)19/h3-10H,2H2,1H3/b16-9-. The number of hydrogen-bond donors (Lipinski definition) is 0. The largest absolute Gasteiger partial charge is 0.494 e. The summed E-state index contributed by atoms with van der Waals surface area (Å²) in [5.41, 5.74) is 2.12. The van der Waals surface area contributed by atoms with Gasteiger partial charge in [-0.1, -0.05) is 23.7 Å². The summed E-state index contributed by atoms with van der Waals surface area (Å²) < 4.78 is 6.46. The van der Waals surface area contributed by atoms with Crippen LogP contribution in [0.1, 0.15) is 18.1 Å². The number of thioether (sulfide) groups is 1. The normalized spacial score (nSPS) is 15.7. The molecule has 0 saturated heterocycles. The van der Waals surface area contributed by atoms with Gasteiger partial charge in [0.1, 0.15) is 16.5 Å². The Kier molecular flexibility index (Phi) is 5.63. The molecule has 0 aromatic heterocycles. The second-order valence-electron chi connectivity index (χ2n) is 4.96. The summed E-state index contributed by atoms with van der Waals surface area (Å²) in [6.07, 6.45) is 1.78. The van der Waals surface area contributed by atoms with Crippen LogP contribution in [0.3, 0.4) is 0 Å². The first-order valence-corrected chi connectivity index (χ1v) is 9.55. The lowest BCUT2D eigenvalue weighted by atomic mass is 10.2. The number of aliphatic imine (C=N–C) groups is 1. The number of benzene rings is 2. The van der Waals surface area contributed by atoms with E-state index in [4.69, 9.17) is 16.3 Å². The Morgan fingerprint density at radius 2 is 2.00 bits per heavy atom. The lowest BCUT2D eigenvalue weighted by Crippen LogP contribution is -1.95. The molecular weight excluding hydrogens is 457 g/mol. The van der Waals surface area contributed by atoms with Crippen LogP contribution < -0.4 is 4.74 Å². The molecule has 0 radical (unpaired) electrons. The third-order valence-electron chi connectivity index (χ3n) is 3.27. The molecule has 0 aliphatic carbocycles. The molecule has 6 heteroatoms. The van der Waals surface area contributed by atoms with Crippen molar-refractivity contribution < 1.29 is 9.53 Å². The van der Waals surface area contributed by atoms with Gasteiger partial charge in [0.25, 0.3) is 0 Å². The summed E-state index contributed by atoms with van der Waals surface area (Å²) >= 11 is 9.56. The molecule has 0 unspecified atom stereocenters. The van der Waals surface area contributed by atoms with Gasteiger partial charge in [0.2, 0.25) is 5.12 Å². The van der Waals surface area contributed by atoms with E-state index in [-0.39, 0.29) is 5.12 Å². The average molecular weight is 470 g/mol. The minimum Gasteiger partial charge on any atom is -0.494 e. The fraction of sp³-hybridized carbons (Fsp3) is 0.111. The molecule has 2 aromatic rings. The van der Waals surface area contributed by atoms with Crippen molar-refractivity contribution in [2.24, 2.45) is 4.99 Å². The van der Waals surface area contributed by atoms with E-state index in [0.717, 1.165) is 32.2 Å². The topological polar surface area (TPSA) is 38.7 Å². The van der Waals surface area contributed by atoms with Crippen molar-refractivity contribution in [2.45, 2.75) is 6.92 Å². The van der Waals surface area contributed by atoms with Gasteiger partial charge in [-0.15, -0.1) is 0 Å². The molecule has 1 heterocycles. The molecule has 3 rings (SSSR count). The van der Waals surface area contributed by atoms with Crippen LogP contribution in [0, 0.1) is 3.57 Å². The average Bonchev–Trinajstić information content (AvgIpc) is 2.92. The molecule has 24 heavy (non-hydrogen) atoms. The first-order valence-electron chi connectivity index (χ1n) is 7.27. The van der Waals surface area contributed by atoms with Gasteiger partial charge < -0.3 is 4.74 Å². The molecule has 3 nitrogen and oxygen atoms in total. The second kappa shape index (κ2) is 7.72. The smallest absolute Gasteiger partial charge is 0.244 e. The monoisotopic (exact) mass is 469 g/mol. The van der Waals surface area contributed by atoms with Crippen LogP contribution >= 0.6 is 46.0 Å². The van der Waals surface area contributed by atoms with Gasteiger partial charge in [0.05, 0.1) is 11.6 Å². The van der Waals surface area contributed by atoms with Gasteiger partial charge in [-0.3, -0.25) is 4.79 Å². The van der Waals surface area contributed by atoms with Gasteiger partial charge >= 0.3 is 0 Å². The zero-order chi connectivity index (χ0) is 17.1.